The molecule has 1 atom stereocenters. The summed E-state index contributed by atoms with van der Waals surface area (Å²) in [5.41, 5.74) is 9.28. The highest BCUT2D eigenvalue weighted by Crippen LogP contribution is 2.25. The maximum atomic E-state index is 9.18. The van der Waals surface area contributed by atoms with Crippen molar-refractivity contribution >= 4 is 0 Å². The number of benzene rings is 1. The summed E-state index contributed by atoms with van der Waals surface area (Å²) in [5.74, 6) is 1.09. The molecule has 3 N–H and O–H groups in total. The molecule has 0 aliphatic heterocycles. The minimum Gasteiger partial charge on any atom is -0.494 e. The third-order valence-corrected chi connectivity index (χ3v) is 3.25. The topological polar surface area (TPSA) is 55.5 Å². The highest BCUT2D eigenvalue weighted by Gasteiger charge is 2.11. The zero-order chi connectivity index (χ0) is 12.8. The fourth-order valence-electron chi connectivity index (χ4n) is 1.92. The molecule has 0 aliphatic carbocycles. The van der Waals surface area contributed by atoms with Crippen molar-refractivity contribution < 1.29 is 9.84 Å². The van der Waals surface area contributed by atoms with E-state index in [0.717, 1.165) is 12.2 Å². The molecule has 0 aliphatic rings. The van der Waals surface area contributed by atoms with Gasteiger partial charge in [0.05, 0.1) is 6.61 Å². The van der Waals surface area contributed by atoms with E-state index in [0.29, 0.717) is 13.2 Å². The SMILES string of the molecule is CCOc1ccc(CC(CN)CO)c(C)c1C. The molecule has 1 aromatic carbocycles. The molecule has 96 valence electrons. The summed E-state index contributed by atoms with van der Waals surface area (Å²) in [6.45, 7) is 7.49. The van der Waals surface area contributed by atoms with Crippen LogP contribution >= 0.6 is 0 Å². The van der Waals surface area contributed by atoms with Crippen LogP contribution in [0.4, 0.5) is 0 Å². The molecule has 1 rings (SSSR count). The van der Waals surface area contributed by atoms with Gasteiger partial charge >= 0.3 is 0 Å². The highest BCUT2D eigenvalue weighted by molar-refractivity contribution is 5.43. The van der Waals surface area contributed by atoms with Crippen LogP contribution in [0.15, 0.2) is 12.1 Å². The predicted molar refractivity (Wildman–Crippen MR) is 70.4 cm³/mol. The number of rotatable bonds is 6. The first-order valence-electron chi connectivity index (χ1n) is 6.16. The summed E-state index contributed by atoms with van der Waals surface area (Å²) < 4.78 is 5.56. The first kappa shape index (κ1) is 14.0. The summed E-state index contributed by atoms with van der Waals surface area (Å²) in [4.78, 5) is 0. The molecule has 0 aromatic heterocycles. The highest BCUT2D eigenvalue weighted by atomic mass is 16.5. The van der Waals surface area contributed by atoms with Crippen LogP contribution in [0.3, 0.4) is 0 Å². The molecule has 0 fully saturated rings. The monoisotopic (exact) mass is 237 g/mol. The second kappa shape index (κ2) is 6.62. The van der Waals surface area contributed by atoms with E-state index < -0.39 is 0 Å². The zero-order valence-corrected chi connectivity index (χ0v) is 11.0. The van der Waals surface area contributed by atoms with Crippen LogP contribution in [-0.4, -0.2) is 24.9 Å². The Kier molecular flexibility index (Phi) is 5.45. The molecule has 1 unspecified atom stereocenters. The average molecular weight is 237 g/mol. The standard InChI is InChI=1S/C14H23NO2/c1-4-17-14-6-5-13(10(2)11(14)3)7-12(8-15)9-16/h5-6,12,16H,4,7-9,15H2,1-3H3. The smallest absolute Gasteiger partial charge is 0.122 e. The van der Waals surface area contributed by atoms with E-state index in [1.807, 2.05) is 13.0 Å². The van der Waals surface area contributed by atoms with E-state index in [4.69, 9.17) is 10.5 Å². The largest absolute Gasteiger partial charge is 0.494 e. The van der Waals surface area contributed by atoms with Gasteiger partial charge in [-0.1, -0.05) is 6.07 Å². The third-order valence-electron chi connectivity index (χ3n) is 3.25. The summed E-state index contributed by atoms with van der Waals surface area (Å²) in [7, 11) is 0. The summed E-state index contributed by atoms with van der Waals surface area (Å²) in [5, 5.41) is 9.18. The van der Waals surface area contributed by atoms with Crippen molar-refractivity contribution in [2.24, 2.45) is 11.7 Å². The lowest BCUT2D eigenvalue weighted by atomic mass is 9.94. The molecule has 3 heteroatoms. The van der Waals surface area contributed by atoms with Gasteiger partial charge in [-0.2, -0.15) is 0 Å². The van der Waals surface area contributed by atoms with Crippen LogP contribution in [0.1, 0.15) is 23.6 Å². The lowest BCUT2D eigenvalue weighted by molar-refractivity contribution is 0.229. The molecular formula is C14H23NO2. The third kappa shape index (κ3) is 3.45. The number of ether oxygens (including phenoxy) is 1. The fraction of sp³-hybridized carbons (Fsp3) is 0.571. The van der Waals surface area contributed by atoms with E-state index >= 15 is 0 Å². The molecule has 0 saturated heterocycles. The number of hydrogen-bond acceptors (Lipinski definition) is 3. The van der Waals surface area contributed by atoms with Crippen LogP contribution in [0.5, 0.6) is 5.75 Å². The van der Waals surface area contributed by atoms with E-state index in [2.05, 4.69) is 19.9 Å². The molecule has 0 spiro atoms. The van der Waals surface area contributed by atoms with E-state index in [1.165, 1.54) is 16.7 Å². The molecule has 17 heavy (non-hydrogen) atoms. The normalized spacial score (nSPS) is 12.5. The van der Waals surface area contributed by atoms with Crippen molar-refractivity contribution in [2.75, 3.05) is 19.8 Å². The molecule has 0 amide bonds. The molecular weight excluding hydrogens is 214 g/mol. The van der Waals surface area contributed by atoms with Crippen molar-refractivity contribution in [2.45, 2.75) is 27.2 Å². The zero-order valence-electron chi connectivity index (χ0n) is 11.0. The van der Waals surface area contributed by atoms with Gasteiger partial charge in [-0.3, -0.25) is 0 Å². The molecule has 0 heterocycles. The molecule has 3 nitrogen and oxygen atoms in total. The Labute approximate surface area is 104 Å². The van der Waals surface area contributed by atoms with Crippen LogP contribution in [0, 0.1) is 19.8 Å². The number of aliphatic hydroxyl groups is 1. The van der Waals surface area contributed by atoms with Crippen LogP contribution in [0.25, 0.3) is 0 Å². The van der Waals surface area contributed by atoms with Crippen LogP contribution in [-0.2, 0) is 6.42 Å². The first-order chi connectivity index (χ1) is 8.13. The van der Waals surface area contributed by atoms with Crippen molar-refractivity contribution in [1.29, 1.82) is 0 Å². The van der Waals surface area contributed by atoms with E-state index in [-0.39, 0.29) is 12.5 Å². The van der Waals surface area contributed by atoms with E-state index in [1.54, 1.807) is 0 Å². The predicted octanol–water partition coefficient (Wildman–Crippen LogP) is 1.81. The second-order valence-corrected chi connectivity index (χ2v) is 4.39. The van der Waals surface area contributed by atoms with Crippen LogP contribution in [0.2, 0.25) is 0 Å². The van der Waals surface area contributed by atoms with Gasteiger partial charge in [-0.05, 0) is 62.4 Å². The Morgan fingerprint density at radius 1 is 1.29 bits per heavy atom. The summed E-state index contributed by atoms with van der Waals surface area (Å²) in [6.07, 6.45) is 0.825. The van der Waals surface area contributed by atoms with Crippen LogP contribution < -0.4 is 10.5 Å². The summed E-state index contributed by atoms with van der Waals surface area (Å²) >= 11 is 0. The number of nitrogens with two attached hydrogens (primary N) is 1. The minimum absolute atomic E-state index is 0.141. The summed E-state index contributed by atoms with van der Waals surface area (Å²) in [6, 6.07) is 4.08. The van der Waals surface area contributed by atoms with Gasteiger partial charge in [0.25, 0.3) is 0 Å². The van der Waals surface area contributed by atoms with Gasteiger partial charge < -0.3 is 15.6 Å². The Morgan fingerprint density at radius 3 is 2.53 bits per heavy atom. The molecule has 0 saturated carbocycles. The van der Waals surface area contributed by atoms with Crippen molar-refractivity contribution in [1.82, 2.24) is 0 Å². The maximum Gasteiger partial charge on any atom is 0.122 e. The second-order valence-electron chi connectivity index (χ2n) is 4.39. The Balaban J connectivity index is 2.91. The molecule has 0 bridgehead atoms. The van der Waals surface area contributed by atoms with Gasteiger partial charge in [0.1, 0.15) is 5.75 Å². The first-order valence-corrected chi connectivity index (χ1v) is 6.16. The van der Waals surface area contributed by atoms with Crippen molar-refractivity contribution in [3.8, 4) is 5.75 Å². The maximum absolute atomic E-state index is 9.18. The van der Waals surface area contributed by atoms with Gasteiger partial charge in [0.2, 0.25) is 0 Å². The number of aliphatic hydroxyl groups excluding tert-OH is 1. The molecule has 1 aromatic rings. The molecule has 0 radical (unpaired) electrons. The quantitative estimate of drug-likeness (QED) is 0.793. The fourth-order valence-corrected chi connectivity index (χ4v) is 1.92. The van der Waals surface area contributed by atoms with Gasteiger partial charge in [0, 0.05) is 6.61 Å². The van der Waals surface area contributed by atoms with Crippen molar-refractivity contribution in [3.63, 3.8) is 0 Å². The number of hydrogen-bond donors (Lipinski definition) is 2. The lowest BCUT2D eigenvalue weighted by Gasteiger charge is -2.17. The van der Waals surface area contributed by atoms with Gasteiger partial charge in [0.15, 0.2) is 0 Å². The lowest BCUT2D eigenvalue weighted by Crippen LogP contribution is -2.21. The van der Waals surface area contributed by atoms with Crippen molar-refractivity contribution in [3.05, 3.63) is 28.8 Å². The Hall–Kier alpha value is -1.06. The average Bonchev–Trinajstić information content (AvgIpc) is 2.34. The Bertz CT molecular complexity index is 359. The Morgan fingerprint density at radius 2 is 2.00 bits per heavy atom. The minimum atomic E-state index is 0.141. The van der Waals surface area contributed by atoms with Gasteiger partial charge in [-0.15, -0.1) is 0 Å². The van der Waals surface area contributed by atoms with Gasteiger partial charge in [-0.25, -0.2) is 0 Å². The van der Waals surface area contributed by atoms with E-state index in [9.17, 15) is 5.11 Å².